The fourth-order valence-electron chi connectivity index (χ4n) is 3.52. The van der Waals surface area contributed by atoms with Gasteiger partial charge in [0.25, 0.3) is 5.69 Å². The zero-order valence-electron chi connectivity index (χ0n) is 18.0. The molecule has 10 heteroatoms. The molecule has 0 spiro atoms. The molecule has 0 aromatic heterocycles. The Kier molecular flexibility index (Phi) is 7.74. The van der Waals surface area contributed by atoms with Crippen molar-refractivity contribution in [1.82, 2.24) is 10.2 Å². The van der Waals surface area contributed by atoms with Crippen LogP contribution in [0.15, 0.2) is 42.5 Å². The standard InChI is InChI=1S/C22H26N4O6/c1-15-3-8-18(19(13-15)26(29)30)24-22(28)21(27)23-14-20(25-9-11-32-12-10-25)16-4-6-17(31-2)7-5-16/h3-8,13,20H,9-12,14H2,1-2H3,(H,23,27)(H,24,28)/t20-/m1/s1. The second-order valence-corrected chi connectivity index (χ2v) is 7.38. The number of nitro groups is 1. The normalized spacial score (nSPS) is 14.9. The summed E-state index contributed by atoms with van der Waals surface area (Å²) in [5.41, 5.74) is 1.34. The maximum atomic E-state index is 12.5. The molecular formula is C22H26N4O6. The molecule has 2 N–H and O–H groups in total. The monoisotopic (exact) mass is 442 g/mol. The Balaban J connectivity index is 1.69. The highest BCUT2D eigenvalue weighted by Crippen LogP contribution is 2.26. The molecule has 2 aromatic rings. The number of nitrogens with one attached hydrogen (secondary N) is 2. The van der Waals surface area contributed by atoms with Crippen molar-refractivity contribution in [1.29, 1.82) is 0 Å². The third-order valence-electron chi connectivity index (χ3n) is 5.25. The molecule has 1 aliphatic heterocycles. The number of anilines is 1. The van der Waals surface area contributed by atoms with Gasteiger partial charge in [0, 0.05) is 25.7 Å². The number of amides is 2. The molecule has 1 saturated heterocycles. The summed E-state index contributed by atoms with van der Waals surface area (Å²) in [6, 6.07) is 11.7. The first kappa shape index (κ1) is 23.2. The largest absolute Gasteiger partial charge is 0.497 e. The number of morpholine rings is 1. The molecule has 0 unspecified atom stereocenters. The number of hydrogen-bond donors (Lipinski definition) is 2. The van der Waals surface area contributed by atoms with Crippen molar-refractivity contribution < 1.29 is 24.0 Å². The number of rotatable bonds is 7. The Hall–Kier alpha value is -3.50. The second kappa shape index (κ2) is 10.7. The Labute approximate surface area is 185 Å². The van der Waals surface area contributed by atoms with Crippen molar-refractivity contribution in [3.63, 3.8) is 0 Å². The highest BCUT2D eigenvalue weighted by atomic mass is 16.6. The van der Waals surface area contributed by atoms with Gasteiger partial charge in [-0.1, -0.05) is 18.2 Å². The molecule has 1 aliphatic rings. The van der Waals surface area contributed by atoms with Crippen LogP contribution in [0.4, 0.5) is 11.4 Å². The Morgan fingerprint density at radius 2 is 1.84 bits per heavy atom. The average Bonchev–Trinajstić information content (AvgIpc) is 2.81. The average molecular weight is 442 g/mol. The van der Waals surface area contributed by atoms with Gasteiger partial charge in [0.2, 0.25) is 0 Å². The SMILES string of the molecule is COc1ccc([C@@H](CNC(=O)C(=O)Nc2ccc(C)cc2[N+](=O)[O-])N2CCOCC2)cc1. The van der Waals surface area contributed by atoms with Crippen LogP contribution >= 0.6 is 0 Å². The minimum atomic E-state index is -0.965. The summed E-state index contributed by atoms with van der Waals surface area (Å²) in [5, 5.41) is 16.2. The van der Waals surface area contributed by atoms with Gasteiger partial charge in [-0.05, 0) is 36.2 Å². The van der Waals surface area contributed by atoms with Crippen LogP contribution in [0.2, 0.25) is 0 Å². The lowest BCUT2D eigenvalue weighted by Gasteiger charge is -2.34. The molecule has 0 saturated carbocycles. The summed E-state index contributed by atoms with van der Waals surface area (Å²) >= 11 is 0. The Morgan fingerprint density at radius 1 is 1.16 bits per heavy atom. The van der Waals surface area contributed by atoms with Crippen molar-refractivity contribution in [2.45, 2.75) is 13.0 Å². The smallest absolute Gasteiger partial charge is 0.313 e. The maximum Gasteiger partial charge on any atom is 0.313 e. The number of hydrogen-bond acceptors (Lipinski definition) is 7. The molecule has 0 aliphatic carbocycles. The van der Waals surface area contributed by atoms with Gasteiger partial charge < -0.3 is 20.1 Å². The molecule has 10 nitrogen and oxygen atoms in total. The van der Waals surface area contributed by atoms with Gasteiger partial charge in [-0.2, -0.15) is 0 Å². The predicted octanol–water partition coefficient (Wildman–Crippen LogP) is 2.04. The number of nitrogens with zero attached hydrogens (tertiary/aromatic N) is 2. The molecule has 2 amide bonds. The summed E-state index contributed by atoms with van der Waals surface area (Å²) in [6.45, 7) is 4.43. The van der Waals surface area contributed by atoms with Crippen LogP contribution in [-0.4, -0.2) is 61.6 Å². The Bertz CT molecular complexity index is 973. The van der Waals surface area contributed by atoms with Crippen LogP contribution in [0.5, 0.6) is 5.75 Å². The number of aryl methyl sites for hydroxylation is 1. The van der Waals surface area contributed by atoms with Crippen molar-refractivity contribution >= 4 is 23.2 Å². The van der Waals surface area contributed by atoms with Crippen LogP contribution in [0.1, 0.15) is 17.2 Å². The summed E-state index contributed by atoms with van der Waals surface area (Å²) in [5.74, 6) is -1.11. The molecule has 3 rings (SSSR count). The molecule has 170 valence electrons. The van der Waals surface area contributed by atoms with E-state index in [2.05, 4.69) is 15.5 Å². The van der Waals surface area contributed by atoms with Crippen LogP contribution in [0.3, 0.4) is 0 Å². The van der Waals surface area contributed by atoms with Crippen LogP contribution in [0, 0.1) is 17.0 Å². The van der Waals surface area contributed by atoms with Gasteiger partial charge in [-0.25, -0.2) is 0 Å². The summed E-state index contributed by atoms with van der Waals surface area (Å²) < 4.78 is 10.6. The summed E-state index contributed by atoms with van der Waals surface area (Å²) in [4.78, 5) is 37.7. The fraction of sp³-hybridized carbons (Fsp3) is 0.364. The number of ether oxygens (including phenoxy) is 2. The van der Waals surface area contributed by atoms with Crippen LogP contribution in [0.25, 0.3) is 0 Å². The lowest BCUT2D eigenvalue weighted by Crippen LogP contribution is -2.45. The van der Waals surface area contributed by atoms with Gasteiger partial charge >= 0.3 is 11.8 Å². The van der Waals surface area contributed by atoms with Crippen LogP contribution in [-0.2, 0) is 14.3 Å². The molecule has 32 heavy (non-hydrogen) atoms. The first-order valence-electron chi connectivity index (χ1n) is 10.2. The zero-order valence-corrected chi connectivity index (χ0v) is 18.0. The topological polar surface area (TPSA) is 123 Å². The van der Waals surface area contributed by atoms with Gasteiger partial charge in [-0.3, -0.25) is 24.6 Å². The van der Waals surface area contributed by atoms with Crippen molar-refractivity contribution in [2.75, 3.05) is 45.3 Å². The number of carbonyl (C=O) groups excluding carboxylic acids is 2. The number of nitro benzene ring substituents is 1. The highest BCUT2D eigenvalue weighted by Gasteiger charge is 2.25. The predicted molar refractivity (Wildman–Crippen MR) is 118 cm³/mol. The van der Waals surface area contributed by atoms with Crippen LogP contribution < -0.4 is 15.4 Å². The molecule has 0 bridgehead atoms. The summed E-state index contributed by atoms with van der Waals surface area (Å²) in [6.07, 6.45) is 0. The number of methoxy groups -OCH3 is 1. The molecule has 2 aromatic carbocycles. The molecular weight excluding hydrogens is 416 g/mol. The van der Waals surface area contributed by atoms with E-state index in [0.717, 1.165) is 11.3 Å². The first-order chi connectivity index (χ1) is 15.4. The van der Waals surface area contributed by atoms with E-state index in [4.69, 9.17) is 9.47 Å². The van der Waals surface area contributed by atoms with E-state index in [-0.39, 0.29) is 24.0 Å². The van der Waals surface area contributed by atoms with E-state index < -0.39 is 16.7 Å². The van der Waals surface area contributed by atoms with E-state index in [1.54, 1.807) is 20.1 Å². The molecule has 1 atom stereocenters. The summed E-state index contributed by atoms with van der Waals surface area (Å²) in [7, 11) is 1.59. The van der Waals surface area contributed by atoms with Crippen molar-refractivity contribution in [3.8, 4) is 5.75 Å². The van der Waals surface area contributed by atoms with E-state index >= 15 is 0 Å². The highest BCUT2D eigenvalue weighted by molar-refractivity contribution is 6.39. The van der Waals surface area contributed by atoms with E-state index in [9.17, 15) is 19.7 Å². The third-order valence-corrected chi connectivity index (χ3v) is 5.25. The quantitative estimate of drug-likeness (QED) is 0.382. The van der Waals surface area contributed by atoms with E-state index in [0.29, 0.717) is 31.9 Å². The third kappa shape index (κ3) is 5.80. The fourth-order valence-corrected chi connectivity index (χ4v) is 3.52. The minimum absolute atomic E-state index is 0.0272. The van der Waals surface area contributed by atoms with Gasteiger partial charge in [0.1, 0.15) is 11.4 Å². The zero-order chi connectivity index (χ0) is 23.1. The minimum Gasteiger partial charge on any atom is -0.497 e. The molecule has 0 radical (unpaired) electrons. The second-order valence-electron chi connectivity index (χ2n) is 7.38. The lowest BCUT2D eigenvalue weighted by molar-refractivity contribution is -0.384. The van der Waals surface area contributed by atoms with Gasteiger partial charge in [0.15, 0.2) is 0 Å². The molecule has 1 fully saturated rings. The van der Waals surface area contributed by atoms with Crippen molar-refractivity contribution in [2.24, 2.45) is 0 Å². The maximum absolute atomic E-state index is 12.5. The van der Waals surface area contributed by atoms with Gasteiger partial charge in [0.05, 0.1) is 31.3 Å². The van der Waals surface area contributed by atoms with E-state index in [1.807, 2.05) is 24.3 Å². The van der Waals surface area contributed by atoms with Crippen molar-refractivity contribution in [3.05, 3.63) is 63.7 Å². The van der Waals surface area contributed by atoms with E-state index in [1.165, 1.54) is 12.1 Å². The number of carbonyl (C=O) groups is 2. The Morgan fingerprint density at radius 3 is 2.47 bits per heavy atom. The number of benzene rings is 2. The lowest BCUT2D eigenvalue weighted by atomic mass is 10.0. The van der Waals surface area contributed by atoms with Gasteiger partial charge in [-0.15, -0.1) is 0 Å². The first-order valence-corrected chi connectivity index (χ1v) is 10.2. The molecule has 1 heterocycles.